The molecule has 1 atom stereocenters. The van der Waals surface area contributed by atoms with Gasteiger partial charge in [-0.15, -0.1) is 0 Å². The van der Waals surface area contributed by atoms with E-state index in [-0.39, 0.29) is 17.1 Å². The second-order valence-corrected chi connectivity index (χ2v) is 2.33. The minimum atomic E-state index is -1.86. The van der Waals surface area contributed by atoms with Gasteiger partial charge < -0.3 is 34.4 Å². The zero-order chi connectivity index (χ0) is 12.0. The van der Waals surface area contributed by atoms with Crippen molar-refractivity contribution in [3.63, 3.8) is 0 Å². The first kappa shape index (κ1) is 23.9. The summed E-state index contributed by atoms with van der Waals surface area (Å²) in [5.41, 5.74) is 0.981. The topological polar surface area (TPSA) is 79.9 Å². The fourth-order valence-electron chi connectivity index (χ4n) is 0.281. The van der Waals surface area contributed by atoms with Crippen molar-refractivity contribution in [2.45, 2.75) is 6.92 Å². The first-order valence-corrected chi connectivity index (χ1v) is 4.38. The van der Waals surface area contributed by atoms with E-state index in [1.807, 2.05) is 6.92 Å². The molecule has 15 heavy (non-hydrogen) atoms. The molecule has 0 amide bonds. The van der Waals surface area contributed by atoms with E-state index in [0.29, 0.717) is 0 Å². The van der Waals surface area contributed by atoms with Crippen LogP contribution in [-0.4, -0.2) is 15.0 Å². The molecule has 4 nitrogen and oxygen atoms in total. The molecule has 1 aromatic carbocycles. The summed E-state index contributed by atoms with van der Waals surface area (Å²) in [7, 11) is 0. The van der Waals surface area contributed by atoms with Crippen LogP contribution in [0.25, 0.3) is 0 Å². The molecule has 0 saturated carbocycles. The van der Waals surface area contributed by atoms with E-state index in [9.17, 15) is 0 Å². The second kappa shape index (κ2) is 23.4. The molecular weight excluding hydrogens is 260 g/mol. The van der Waals surface area contributed by atoms with Crippen molar-refractivity contribution in [1.82, 2.24) is 0 Å². The molecule has 0 bridgehead atoms. The van der Waals surface area contributed by atoms with Crippen LogP contribution in [0.3, 0.4) is 0 Å². The Bertz CT molecular complexity index is 244. The number of hydrogen-bond acceptors (Lipinski definition) is 2. The summed E-state index contributed by atoms with van der Waals surface area (Å²) in [5.74, 6) is 0. The molecule has 1 aromatic rings. The van der Waals surface area contributed by atoms with Crippen LogP contribution >= 0.6 is 0 Å². The molecule has 0 aliphatic rings. The number of aryl methyl sites for hydroxylation is 1. The van der Waals surface area contributed by atoms with Crippen molar-refractivity contribution in [3.8, 4) is 0 Å². The molecule has 0 saturated heterocycles. The maximum atomic E-state index is 9.00. The molecule has 0 radical (unpaired) electrons. The zero-order valence-corrected chi connectivity index (χ0v) is 9.82. The van der Waals surface area contributed by atoms with E-state index >= 15 is 0 Å². The van der Waals surface area contributed by atoms with Crippen LogP contribution < -0.4 is 0 Å². The van der Waals surface area contributed by atoms with Gasteiger partial charge in [-0.3, -0.25) is 4.21 Å². The van der Waals surface area contributed by atoms with Gasteiger partial charge in [0.25, 0.3) is 0 Å². The van der Waals surface area contributed by atoms with Crippen LogP contribution in [0.5, 0.6) is 0 Å². The van der Waals surface area contributed by atoms with Crippen LogP contribution in [0.1, 0.15) is 5.56 Å². The van der Waals surface area contributed by atoms with Gasteiger partial charge in [-0.2, -0.15) is 0 Å². The summed E-state index contributed by atoms with van der Waals surface area (Å²) in [6.07, 6.45) is 1.08. The first-order valence-electron chi connectivity index (χ1n) is 2.90. The van der Waals surface area contributed by atoms with E-state index in [1.54, 1.807) is 0 Å². The van der Waals surface area contributed by atoms with E-state index in [2.05, 4.69) is 37.6 Å². The van der Waals surface area contributed by atoms with Gasteiger partial charge >= 0.3 is 39.7 Å². The molecule has 6 heteroatoms. The monoisotopic (exact) mass is 266 g/mol. The third kappa shape index (κ3) is 42.4. The minimum Gasteiger partial charge on any atom is 6.00 e. The summed E-state index contributed by atoms with van der Waals surface area (Å²) < 4.78 is 33.0. The van der Waals surface area contributed by atoms with E-state index in [0.717, 1.165) is 11.8 Å². The Labute approximate surface area is 103 Å². The minimum absolute atomic E-state index is 0. The van der Waals surface area contributed by atoms with E-state index in [1.165, 1.54) is 0 Å². The molecule has 1 rings (SSSR count). The van der Waals surface area contributed by atoms with Gasteiger partial charge in [0.15, 0.2) is 0 Å². The summed E-state index contributed by atoms with van der Waals surface area (Å²) in [6, 6.07) is 10.8. The smallest absolute Gasteiger partial charge is 6.00 e. The zero-order valence-electron chi connectivity index (χ0n) is 7.89. The summed E-state index contributed by atoms with van der Waals surface area (Å²) in [4.78, 5) is 0. The third-order valence-corrected chi connectivity index (χ3v) is 0.562. The molecule has 0 aliphatic heterocycles. The standard InChI is InChI=1S/C6H3.CH4O2S.2CO.Fe/c1-6-4-2-3-5-6;1-4(2)3;2*1-2;/h1H3;1H3,(H,2,3);;;/q-5;;;;+6/p-1. The van der Waals surface area contributed by atoms with E-state index < -0.39 is 11.1 Å². The Morgan fingerprint density at radius 1 is 1.20 bits per heavy atom. The van der Waals surface area contributed by atoms with Crippen LogP contribution in [0.4, 0.5) is 0 Å². The largest absolute Gasteiger partial charge is 6.00 e. The summed E-state index contributed by atoms with van der Waals surface area (Å²) in [6.45, 7) is 10.9. The van der Waals surface area contributed by atoms with Crippen molar-refractivity contribution >= 4 is 11.1 Å². The summed E-state index contributed by atoms with van der Waals surface area (Å²) >= 11 is -1.86. The number of hydrogen-bond donors (Lipinski definition) is 0. The van der Waals surface area contributed by atoms with Crippen molar-refractivity contribution in [3.05, 3.63) is 43.1 Å². The second-order valence-electron chi connectivity index (χ2n) is 1.53. The Morgan fingerprint density at radius 3 is 1.47 bits per heavy atom. The summed E-state index contributed by atoms with van der Waals surface area (Å²) in [5, 5.41) is 0. The fourth-order valence-corrected chi connectivity index (χ4v) is 0.281. The molecule has 0 fully saturated rings. The van der Waals surface area contributed by atoms with Gasteiger partial charge in [0, 0.05) is 0 Å². The Hall–Kier alpha value is -0.541. The van der Waals surface area contributed by atoms with Gasteiger partial charge in [-0.05, 0) is 6.26 Å². The average molecular weight is 266 g/mol. The van der Waals surface area contributed by atoms with Gasteiger partial charge in [-0.1, -0.05) is 11.1 Å². The van der Waals surface area contributed by atoms with Crippen LogP contribution in [0.2, 0.25) is 0 Å². The molecule has 0 spiro atoms. The van der Waals surface area contributed by atoms with Crippen LogP contribution in [0.15, 0.2) is 0 Å². The van der Waals surface area contributed by atoms with Crippen LogP contribution in [-0.2, 0) is 37.5 Å². The predicted octanol–water partition coefficient (Wildman–Crippen LogP) is 0.332. The molecule has 0 aliphatic carbocycles. The average Bonchev–Trinajstić information content (AvgIpc) is 2.62. The van der Waals surface area contributed by atoms with E-state index in [4.69, 9.17) is 18.1 Å². The van der Waals surface area contributed by atoms with Crippen LogP contribution in [0, 0.1) is 44.5 Å². The first-order chi connectivity index (χ1) is 6.63. The Balaban J connectivity index is -0.0000000601. The predicted molar refractivity (Wildman–Crippen MR) is 44.8 cm³/mol. The molecule has 80 valence electrons. The normalized spacial score (nSPS) is 7.93. The van der Waals surface area contributed by atoms with Crippen molar-refractivity contribution in [2.24, 2.45) is 0 Å². The van der Waals surface area contributed by atoms with Crippen molar-refractivity contribution in [1.29, 1.82) is 0 Å². The maximum absolute atomic E-state index is 9.00. The molecule has 0 N–H and O–H groups in total. The van der Waals surface area contributed by atoms with Gasteiger partial charge in [0.2, 0.25) is 0 Å². The Kier molecular flexibility index (Phi) is 37.3. The maximum Gasteiger partial charge on any atom is 6.00 e. The van der Waals surface area contributed by atoms with Gasteiger partial charge in [0.05, 0.1) is 0 Å². The molecular formula is C9H6FeO4S. The van der Waals surface area contributed by atoms with Gasteiger partial charge in [0.1, 0.15) is 0 Å². The quantitative estimate of drug-likeness (QED) is 0.293. The van der Waals surface area contributed by atoms with Gasteiger partial charge in [-0.25, -0.2) is 6.92 Å². The fraction of sp³-hybridized carbons (Fsp3) is 0.222. The van der Waals surface area contributed by atoms with Crippen molar-refractivity contribution < 1.29 is 35.1 Å². The molecule has 0 heterocycles. The van der Waals surface area contributed by atoms with Crippen molar-refractivity contribution in [2.75, 3.05) is 6.26 Å². The third-order valence-electron chi connectivity index (χ3n) is 0.562. The SMILES string of the molecule is CS(=O)[O-].C[c-]1[c-][c-][c-][c-]1.[C-]#[O+].[C-]#[O+].[Fe+6]. The Morgan fingerprint density at radius 2 is 1.40 bits per heavy atom. The number of rotatable bonds is 0. The molecule has 0 aromatic heterocycles. The molecule has 1 unspecified atom stereocenters.